The van der Waals surface area contributed by atoms with Crippen molar-refractivity contribution in [1.29, 1.82) is 0 Å². The van der Waals surface area contributed by atoms with Crippen molar-refractivity contribution in [3.63, 3.8) is 0 Å². The van der Waals surface area contributed by atoms with Crippen molar-refractivity contribution >= 4 is 35.3 Å². The molecule has 15 heteroatoms. The first kappa shape index (κ1) is 43.4. The predicted octanol–water partition coefficient (Wildman–Crippen LogP) is 7.54. The molecule has 1 aliphatic heterocycles. The molecule has 61 heavy (non-hydrogen) atoms. The van der Waals surface area contributed by atoms with Gasteiger partial charge < -0.3 is 34.1 Å². The number of anilines is 1. The summed E-state index contributed by atoms with van der Waals surface area (Å²) in [7, 11) is 5.99. The molecule has 6 rings (SSSR count). The molecule has 1 atom stereocenters. The third-order valence-corrected chi connectivity index (χ3v) is 10.2. The van der Waals surface area contributed by atoms with Crippen LogP contribution < -0.4 is 14.8 Å². The Bertz CT molecular complexity index is 2490. The van der Waals surface area contributed by atoms with Gasteiger partial charge in [-0.1, -0.05) is 54.6 Å². The summed E-state index contributed by atoms with van der Waals surface area (Å²) in [5.74, 6) is -2.35. The quantitative estimate of drug-likeness (QED) is 0.112. The zero-order chi connectivity index (χ0) is 44.1. The molecule has 0 aliphatic carbocycles. The molecule has 0 spiro atoms. The Morgan fingerprint density at radius 1 is 0.787 bits per heavy atom. The van der Waals surface area contributed by atoms with Gasteiger partial charge in [0.1, 0.15) is 18.1 Å². The molecule has 0 bridgehead atoms. The van der Waals surface area contributed by atoms with Gasteiger partial charge in [-0.2, -0.15) is 13.2 Å². The second-order valence-corrected chi connectivity index (χ2v) is 14.2. The molecule has 0 saturated carbocycles. The average Bonchev–Trinajstić information content (AvgIpc) is 3.49. The average molecular weight is 838 g/mol. The lowest BCUT2D eigenvalue weighted by Gasteiger charge is -2.36. The number of ether oxygens (including phenoxy) is 4. The van der Waals surface area contributed by atoms with E-state index in [9.17, 15) is 37.1 Å². The van der Waals surface area contributed by atoms with Crippen molar-refractivity contribution in [3.8, 4) is 22.6 Å². The lowest BCUT2D eigenvalue weighted by atomic mass is 9.89. The number of halogens is 3. The van der Waals surface area contributed by atoms with E-state index in [1.807, 2.05) is 0 Å². The Morgan fingerprint density at radius 3 is 2.13 bits per heavy atom. The number of carbonyl (C=O) groups excluding carboxylic acids is 5. The number of carbonyl (C=O) groups is 5. The van der Waals surface area contributed by atoms with E-state index < -0.39 is 53.5 Å². The summed E-state index contributed by atoms with van der Waals surface area (Å²) in [5.41, 5.74) is -0.324. The molecule has 3 amide bonds. The Morgan fingerprint density at radius 2 is 1.48 bits per heavy atom. The summed E-state index contributed by atoms with van der Waals surface area (Å²) >= 11 is 0. The first-order valence-electron chi connectivity index (χ1n) is 19.0. The maximum absolute atomic E-state index is 14.1. The van der Waals surface area contributed by atoms with Crippen LogP contribution in [0.2, 0.25) is 0 Å². The summed E-state index contributed by atoms with van der Waals surface area (Å²) in [6, 6.07) is 26.7. The first-order valence-corrected chi connectivity index (χ1v) is 19.0. The Balaban J connectivity index is 1.27. The van der Waals surface area contributed by atoms with Crippen molar-refractivity contribution in [3.05, 3.63) is 148 Å². The molecule has 5 aromatic rings. The van der Waals surface area contributed by atoms with Crippen molar-refractivity contribution in [2.75, 3.05) is 46.8 Å². The fourth-order valence-electron chi connectivity index (χ4n) is 7.13. The molecule has 1 heterocycles. The minimum Gasteiger partial charge on any atom is -0.497 e. The molecule has 1 unspecified atom stereocenters. The van der Waals surface area contributed by atoms with Gasteiger partial charge in [0.15, 0.2) is 0 Å². The second-order valence-electron chi connectivity index (χ2n) is 14.2. The van der Waals surface area contributed by atoms with E-state index in [4.69, 9.17) is 18.9 Å². The summed E-state index contributed by atoms with van der Waals surface area (Å²) < 4.78 is 62.0. The number of methoxy groups -OCH3 is 2. The highest BCUT2D eigenvalue weighted by Crippen LogP contribution is 2.43. The zero-order valence-electron chi connectivity index (χ0n) is 33.9. The number of alkyl halides is 3. The maximum atomic E-state index is 14.1. The monoisotopic (exact) mass is 837 g/mol. The van der Waals surface area contributed by atoms with Crippen molar-refractivity contribution in [1.82, 2.24) is 9.80 Å². The van der Waals surface area contributed by atoms with E-state index in [0.29, 0.717) is 33.8 Å². The molecule has 0 fully saturated rings. The lowest BCUT2D eigenvalue weighted by Crippen LogP contribution is -2.53. The standard InChI is InChI=1S/C46H42F3N3O9/c1-6-60-44(57)45(37-14-10-9-13-35(37)43(56)52(45)26-30-18-21-32(58-4)25-39(30)59-5)27-61-40(53)24-28-15-22-38(36(23-28)42(55)51(2)3)50-41(54)34-12-8-7-11-33(34)29-16-19-31(20-17-29)46(47,48)49/h7-23,25H,6,24,26-27H2,1-5H3,(H,50,54). The van der Waals surface area contributed by atoms with Crippen molar-refractivity contribution in [2.24, 2.45) is 0 Å². The van der Waals surface area contributed by atoms with E-state index in [-0.39, 0.29) is 47.5 Å². The summed E-state index contributed by atoms with van der Waals surface area (Å²) in [6.45, 7) is 0.849. The summed E-state index contributed by atoms with van der Waals surface area (Å²) in [4.78, 5) is 71.7. The van der Waals surface area contributed by atoms with Crippen molar-refractivity contribution < 1.29 is 56.1 Å². The molecular formula is C46H42F3N3O9. The third kappa shape index (κ3) is 8.91. The van der Waals surface area contributed by atoms with Gasteiger partial charge >= 0.3 is 18.1 Å². The van der Waals surface area contributed by atoms with Crippen LogP contribution in [0.15, 0.2) is 109 Å². The first-order chi connectivity index (χ1) is 29.1. The van der Waals surface area contributed by atoms with Gasteiger partial charge in [0.2, 0.25) is 5.54 Å². The minimum absolute atomic E-state index is 0.0310. The molecule has 0 saturated heterocycles. The van der Waals surface area contributed by atoms with E-state index >= 15 is 0 Å². The van der Waals surface area contributed by atoms with Gasteiger partial charge in [0, 0.05) is 42.4 Å². The number of rotatable bonds is 14. The van der Waals surface area contributed by atoms with Crippen LogP contribution in [0, 0.1) is 0 Å². The fraction of sp³-hybridized carbons (Fsp3) is 0.239. The van der Waals surface area contributed by atoms with Gasteiger partial charge in [-0.25, -0.2) is 4.79 Å². The smallest absolute Gasteiger partial charge is 0.416 e. The summed E-state index contributed by atoms with van der Waals surface area (Å²) in [6.07, 6.45) is -4.91. The molecule has 1 aliphatic rings. The molecule has 12 nitrogen and oxygen atoms in total. The second kappa shape index (κ2) is 18.0. The fourth-order valence-corrected chi connectivity index (χ4v) is 7.13. The Labute approximate surface area is 349 Å². The van der Waals surface area contributed by atoms with Crippen LogP contribution in [-0.2, 0) is 43.7 Å². The predicted molar refractivity (Wildman–Crippen MR) is 218 cm³/mol. The lowest BCUT2D eigenvalue weighted by molar-refractivity contribution is -0.165. The molecule has 316 valence electrons. The maximum Gasteiger partial charge on any atom is 0.416 e. The molecule has 1 N–H and O–H groups in total. The number of amides is 3. The SMILES string of the molecule is CCOC(=O)C1(COC(=O)Cc2ccc(NC(=O)c3ccccc3-c3ccc(C(F)(F)F)cc3)c(C(=O)N(C)C)c2)c2ccccc2C(=O)N1Cc1ccc(OC)cc1OC. The van der Waals surface area contributed by atoms with E-state index in [0.717, 1.165) is 12.1 Å². The highest BCUT2D eigenvalue weighted by atomic mass is 19.4. The Hall–Kier alpha value is -7.16. The highest BCUT2D eigenvalue weighted by Gasteiger charge is 2.57. The van der Waals surface area contributed by atoms with Gasteiger partial charge in [0.25, 0.3) is 17.7 Å². The third-order valence-electron chi connectivity index (χ3n) is 10.2. The number of esters is 2. The van der Waals surface area contributed by atoms with E-state index in [2.05, 4.69) is 5.32 Å². The number of hydrogen-bond acceptors (Lipinski definition) is 9. The van der Waals surface area contributed by atoms with Crippen LogP contribution in [0.5, 0.6) is 11.5 Å². The van der Waals surface area contributed by atoms with Crippen molar-refractivity contribution in [2.45, 2.75) is 31.6 Å². The van der Waals surface area contributed by atoms with Crippen LogP contribution in [0.3, 0.4) is 0 Å². The zero-order valence-corrected chi connectivity index (χ0v) is 33.9. The summed E-state index contributed by atoms with van der Waals surface area (Å²) in [5, 5.41) is 2.75. The van der Waals surface area contributed by atoms with Crippen LogP contribution in [0.4, 0.5) is 18.9 Å². The number of nitrogens with one attached hydrogen (secondary N) is 1. The number of fused-ring (bicyclic) bond motifs is 1. The molecule has 0 radical (unpaired) electrons. The van der Waals surface area contributed by atoms with Crippen LogP contribution >= 0.6 is 0 Å². The van der Waals surface area contributed by atoms with Gasteiger partial charge in [-0.15, -0.1) is 0 Å². The largest absolute Gasteiger partial charge is 0.497 e. The molecule has 5 aromatic carbocycles. The van der Waals surface area contributed by atoms with E-state index in [1.54, 1.807) is 67.6 Å². The number of benzene rings is 5. The van der Waals surface area contributed by atoms with Gasteiger partial charge in [0.05, 0.1) is 50.6 Å². The topological polar surface area (TPSA) is 141 Å². The molecule has 0 aromatic heterocycles. The Kier molecular flexibility index (Phi) is 12.8. The van der Waals surface area contributed by atoms with Gasteiger partial charge in [-0.3, -0.25) is 19.2 Å². The highest BCUT2D eigenvalue weighted by molar-refractivity contribution is 6.12. The van der Waals surface area contributed by atoms with Crippen LogP contribution in [0.25, 0.3) is 11.1 Å². The molecular weight excluding hydrogens is 796 g/mol. The number of nitrogens with zero attached hydrogens (tertiary/aromatic N) is 2. The van der Waals surface area contributed by atoms with E-state index in [1.165, 1.54) is 74.5 Å². The normalized spacial score (nSPS) is 14.5. The number of hydrogen-bond donors (Lipinski definition) is 1. The van der Waals surface area contributed by atoms with Crippen LogP contribution in [-0.4, -0.2) is 81.0 Å². The minimum atomic E-state index is -4.53. The van der Waals surface area contributed by atoms with Gasteiger partial charge in [-0.05, 0) is 72.1 Å². The van der Waals surface area contributed by atoms with Crippen LogP contribution in [0.1, 0.15) is 60.3 Å².